The number of carboxylic acid groups (broad SMARTS) is 1. The Morgan fingerprint density at radius 2 is 2.19 bits per heavy atom. The van der Waals surface area contributed by atoms with Gasteiger partial charge in [-0.15, -0.1) is 0 Å². The van der Waals surface area contributed by atoms with Crippen LogP contribution in [0, 0.1) is 0 Å². The average Bonchev–Trinajstić information content (AvgIpc) is 2.87. The van der Waals surface area contributed by atoms with Gasteiger partial charge in [0.2, 0.25) is 0 Å². The van der Waals surface area contributed by atoms with Gasteiger partial charge in [0, 0.05) is 25.1 Å². The van der Waals surface area contributed by atoms with Crippen molar-refractivity contribution in [3.63, 3.8) is 0 Å². The number of fused-ring (bicyclic) bond motifs is 1. The molecule has 0 spiro atoms. The highest BCUT2D eigenvalue weighted by atomic mass is 32.1. The third-order valence-corrected chi connectivity index (χ3v) is 3.98. The maximum Gasteiger partial charge on any atom is 0.354 e. The minimum absolute atomic E-state index is 0.302. The van der Waals surface area contributed by atoms with E-state index in [1.165, 1.54) is 0 Å². The monoisotopic (exact) mass is 303 g/mol. The van der Waals surface area contributed by atoms with E-state index in [0.717, 1.165) is 42.8 Å². The molecule has 2 heterocycles. The fourth-order valence-corrected chi connectivity index (χ4v) is 3.05. The molecule has 1 aromatic heterocycles. The standard InChI is InChI=1S/C15H17N3O2S/c19-15(20)14-13(17-12-7-3-4-8-18(12)14)11-6-2-1-5-10(11)9-16-21/h1-2,5-6,16,21H,3-4,7-9H2,(H,19,20). The zero-order valence-electron chi connectivity index (χ0n) is 11.5. The lowest BCUT2D eigenvalue weighted by Crippen LogP contribution is -2.16. The highest BCUT2D eigenvalue weighted by Gasteiger charge is 2.26. The van der Waals surface area contributed by atoms with Crippen LogP contribution >= 0.6 is 12.8 Å². The van der Waals surface area contributed by atoms with Gasteiger partial charge in [-0.2, -0.15) is 0 Å². The maximum atomic E-state index is 11.7. The molecule has 21 heavy (non-hydrogen) atoms. The Balaban J connectivity index is 2.18. The number of aromatic carboxylic acids is 1. The van der Waals surface area contributed by atoms with Crippen LogP contribution in [0.2, 0.25) is 0 Å². The summed E-state index contributed by atoms with van der Waals surface area (Å²) in [6, 6.07) is 7.71. The number of carbonyl (C=O) groups is 1. The van der Waals surface area contributed by atoms with E-state index in [1.54, 1.807) is 0 Å². The van der Waals surface area contributed by atoms with Gasteiger partial charge in [-0.1, -0.05) is 37.1 Å². The molecule has 1 aliphatic rings. The molecule has 1 aliphatic heterocycles. The van der Waals surface area contributed by atoms with Crippen molar-refractivity contribution >= 4 is 18.8 Å². The second-order valence-corrected chi connectivity index (χ2v) is 5.45. The summed E-state index contributed by atoms with van der Waals surface area (Å²) in [5, 5.41) is 9.60. The number of aromatic nitrogens is 2. The maximum absolute atomic E-state index is 11.7. The molecule has 3 rings (SSSR count). The molecule has 2 N–H and O–H groups in total. The van der Waals surface area contributed by atoms with Crippen molar-refractivity contribution in [3.8, 4) is 11.3 Å². The molecule has 0 unspecified atom stereocenters. The smallest absolute Gasteiger partial charge is 0.354 e. The Bertz CT molecular complexity index is 682. The minimum atomic E-state index is -0.917. The van der Waals surface area contributed by atoms with Crippen LogP contribution in [0.3, 0.4) is 0 Å². The Labute approximate surface area is 128 Å². The van der Waals surface area contributed by atoms with Gasteiger partial charge >= 0.3 is 5.97 Å². The lowest BCUT2D eigenvalue weighted by Gasteiger charge is -2.14. The summed E-state index contributed by atoms with van der Waals surface area (Å²) in [7, 11) is 0. The number of benzene rings is 1. The van der Waals surface area contributed by atoms with Crippen molar-refractivity contribution in [1.82, 2.24) is 14.3 Å². The highest BCUT2D eigenvalue weighted by molar-refractivity contribution is 7.78. The zero-order chi connectivity index (χ0) is 14.8. The predicted molar refractivity (Wildman–Crippen MR) is 83.4 cm³/mol. The Kier molecular flexibility index (Phi) is 3.98. The molecule has 0 radical (unpaired) electrons. The van der Waals surface area contributed by atoms with E-state index in [1.807, 2.05) is 28.8 Å². The van der Waals surface area contributed by atoms with Gasteiger partial charge in [-0.3, -0.25) is 4.72 Å². The van der Waals surface area contributed by atoms with Crippen molar-refractivity contribution in [2.45, 2.75) is 32.4 Å². The van der Waals surface area contributed by atoms with Crippen LogP contribution in [0.4, 0.5) is 0 Å². The van der Waals surface area contributed by atoms with Gasteiger partial charge in [-0.05, 0) is 18.4 Å². The molecule has 110 valence electrons. The number of imidazole rings is 1. The van der Waals surface area contributed by atoms with Gasteiger partial charge < -0.3 is 9.67 Å². The first kappa shape index (κ1) is 14.2. The molecule has 6 heteroatoms. The predicted octanol–water partition coefficient (Wildman–Crippen LogP) is 2.52. The molecule has 0 atom stereocenters. The third-order valence-electron chi connectivity index (χ3n) is 3.82. The molecule has 0 bridgehead atoms. The van der Waals surface area contributed by atoms with Crippen LogP contribution in [0.1, 0.15) is 34.7 Å². The fourth-order valence-electron chi connectivity index (χ4n) is 2.88. The number of hydrogen-bond donors (Lipinski definition) is 3. The Morgan fingerprint density at radius 1 is 1.38 bits per heavy atom. The molecule has 0 aliphatic carbocycles. The SMILES string of the molecule is O=C(O)c1c(-c2ccccc2CNS)nc2n1CCCC2. The lowest BCUT2D eigenvalue weighted by molar-refractivity contribution is 0.0684. The van der Waals surface area contributed by atoms with Crippen molar-refractivity contribution in [2.75, 3.05) is 0 Å². The van der Waals surface area contributed by atoms with E-state index >= 15 is 0 Å². The van der Waals surface area contributed by atoms with E-state index in [-0.39, 0.29) is 0 Å². The quantitative estimate of drug-likeness (QED) is 0.759. The van der Waals surface area contributed by atoms with Gasteiger partial charge in [0.15, 0.2) is 5.69 Å². The van der Waals surface area contributed by atoms with E-state index in [0.29, 0.717) is 17.9 Å². The average molecular weight is 303 g/mol. The van der Waals surface area contributed by atoms with Crippen molar-refractivity contribution in [2.24, 2.45) is 0 Å². The number of nitrogens with one attached hydrogen (secondary N) is 1. The summed E-state index contributed by atoms with van der Waals surface area (Å²) in [6.45, 7) is 1.29. The lowest BCUT2D eigenvalue weighted by atomic mass is 10.0. The zero-order valence-corrected chi connectivity index (χ0v) is 12.4. The molecule has 0 amide bonds. The van der Waals surface area contributed by atoms with Crippen LogP contribution in [0.5, 0.6) is 0 Å². The Hall–Kier alpha value is -1.79. The van der Waals surface area contributed by atoms with Gasteiger partial charge in [-0.25, -0.2) is 9.78 Å². The number of hydrogen-bond acceptors (Lipinski definition) is 4. The molecule has 0 fully saturated rings. The van der Waals surface area contributed by atoms with Crippen molar-refractivity contribution < 1.29 is 9.90 Å². The van der Waals surface area contributed by atoms with Crippen molar-refractivity contribution in [1.29, 1.82) is 0 Å². The normalized spacial score (nSPS) is 14.0. The third kappa shape index (κ3) is 2.56. The highest BCUT2D eigenvalue weighted by Crippen LogP contribution is 2.30. The summed E-state index contributed by atoms with van der Waals surface area (Å²) in [5.41, 5.74) is 2.72. The number of nitrogens with zero attached hydrogens (tertiary/aromatic N) is 2. The molecular weight excluding hydrogens is 286 g/mol. The van der Waals surface area contributed by atoms with E-state index in [9.17, 15) is 9.90 Å². The van der Waals surface area contributed by atoms with E-state index in [2.05, 4.69) is 22.5 Å². The summed E-state index contributed by atoms with van der Waals surface area (Å²) in [6.07, 6.45) is 2.91. The minimum Gasteiger partial charge on any atom is -0.477 e. The summed E-state index contributed by atoms with van der Waals surface area (Å²) >= 11 is 4.04. The van der Waals surface area contributed by atoms with Crippen LogP contribution in [-0.2, 0) is 19.5 Å². The second-order valence-electron chi connectivity index (χ2n) is 5.13. The molecule has 2 aromatic rings. The van der Waals surface area contributed by atoms with Crippen LogP contribution in [0.15, 0.2) is 24.3 Å². The topological polar surface area (TPSA) is 67.2 Å². The first-order chi connectivity index (χ1) is 10.2. The molecule has 0 saturated carbocycles. The molecule has 1 aromatic carbocycles. The molecule has 0 saturated heterocycles. The van der Waals surface area contributed by atoms with Crippen LogP contribution in [0.25, 0.3) is 11.3 Å². The van der Waals surface area contributed by atoms with E-state index < -0.39 is 5.97 Å². The summed E-state index contributed by atoms with van der Waals surface area (Å²) in [5.74, 6) is -0.0402. The van der Waals surface area contributed by atoms with E-state index in [4.69, 9.17) is 0 Å². The first-order valence-electron chi connectivity index (χ1n) is 7.00. The number of rotatable bonds is 4. The van der Waals surface area contributed by atoms with Crippen molar-refractivity contribution in [3.05, 3.63) is 41.3 Å². The van der Waals surface area contributed by atoms with Gasteiger partial charge in [0.05, 0.1) is 0 Å². The van der Waals surface area contributed by atoms with Gasteiger partial charge in [0.1, 0.15) is 11.5 Å². The largest absolute Gasteiger partial charge is 0.477 e. The second kappa shape index (κ2) is 5.91. The van der Waals surface area contributed by atoms with Crippen LogP contribution in [-0.4, -0.2) is 20.6 Å². The van der Waals surface area contributed by atoms with Gasteiger partial charge in [0.25, 0.3) is 0 Å². The van der Waals surface area contributed by atoms with Crippen LogP contribution < -0.4 is 4.72 Å². The number of aryl methyl sites for hydroxylation is 1. The fraction of sp³-hybridized carbons (Fsp3) is 0.333. The molecular formula is C15H17N3O2S. The summed E-state index contributed by atoms with van der Waals surface area (Å²) < 4.78 is 4.67. The summed E-state index contributed by atoms with van der Waals surface area (Å²) in [4.78, 5) is 16.3. The molecule has 5 nitrogen and oxygen atoms in total. The number of thiol groups is 1. The Morgan fingerprint density at radius 3 is 2.95 bits per heavy atom. The number of carboxylic acids is 1. The first-order valence-corrected chi connectivity index (χ1v) is 7.45.